The molecule has 0 amide bonds. The average molecular weight is 268 g/mol. The number of nitrogens with one attached hydrogen (secondary N) is 1. The van der Waals surface area contributed by atoms with Crippen molar-refractivity contribution < 1.29 is 17.9 Å². The number of methoxy groups -OCH3 is 1. The predicted molar refractivity (Wildman–Crippen MR) is 60.6 cm³/mol. The highest BCUT2D eigenvalue weighted by molar-refractivity contribution is 6.30. The maximum absolute atomic E-state index is 12.6. The maximum atomic E-state index is 12.6. The van der Waals surface area contributed by atoms with Gasteiger partial charge in [-0.3, -0.25) is 0 Å². The third-order valence-corrected chi connectivity index (χ3v) is 2.65. The van der Waals surface area contributed by atoms with Crippen LogP contribution in [0.3, 0.4) is 0 Å². The molecule has 0 heterocycles. The highest BCUT2D eigenvalue weighted by atomic mass is 35.5. The minimum absolute atomic E-state index is 0.219. The topological polar surface area (TPSA) is 21.3 Å². The summed E-state index contributed by atoms with van der Waals surface area (Å²) in [6, 6.07) is 3.00. The van der Waals surface area contributed by atoms with Crippen molar-refractivity contribution >= 4 is 11.6 Å². The fraction of sp³-hybridized carbons (Fsp3) is 0.455. The van der Waals surface area contributed by atoms with Crippen molar-refractivity contribution in [1.82, 2.24) is 5.32 Å². The molecule has 0 radical (unpaired) electrons. The highest BCUT2D eigenvalue weighted by Crippen LogP contribution is 2.28. The van der Waals surface area contributed by atoms with Gasteiger partial charge in [-0.1, -0.05) is 11.6 Å². The van der Waals surface area contributed by atoms with Crippen LogP contribution in [0, 0.1) is 0 Å². The maximum Gasteiger partial charge on any atom is 0.404 e. The van der Waals surface area contributed by atoms with Gasteiger partial charge < -0.3 is 10.1 Å². The lowest BCUT2D eigenvalue weighted by atomic mass is 10.0. The van der Waals surface area contributed by atoms with Crippen LogP contribution in [-0.2, 0) is 6.42 Å². The Balaban J connectivity index is 2.96. The number of benzene rings is 1. The molecule has 0 aromatic heterocycles. The van der Waals surface area contributed by atoms with Crippen molar-refractivity contribution in [3.8, 4) is 5.75 Å². The summed E-state index contributed by atoms with van der Waals surface area (Å²) in [6.45, 7) is 0. The van der Waals surface area contributed by atoms with Gasteiger partial charge in [0.05, 0.1) is 7.11 Å². The van der Waals surface area contributed by atoms with Crippen LogP contribution < -0.4 is 10.1 Å². The average Bonchev–Trinajstić information content (AvgIpc) is 2.24. The Morgan fingerprint density at radius 2 is 2.06 bits per heavy atom. The number of ether oxygens (including phenoxy) is 1. The molecule has 1 atom stereocenters. The molecule has 0 fully saturated rings. The number of likely N-dealkylation sites (N-methyl/N-ethyl adjacent to an activating group) is 1. The summed E-state index contributed by atoms with van der Waals surface area (Å²) in [4.78, 5) is 0. The van der Waals surface area contributed by atoms with E-state index in [1.54, 1.807) is 12.1 Å². The molecular weight excluding hydrogens is 255 g/mol. The molecule has 1 rings (SSSR count). The Morgan fingerprint density at radius 1 is 1.41 bits per heavy atom. The summed E-state index contributed by atoms with van der Waals surface area (Å²) in [5, 5.41) is 2.62. The second-order valence-corrected chi connectivity index (χ2v) is 3.98. The lowest BCUT2D eigenvalue weighted by Gasteiger charge is -2.20. The van der Waals surface area contributed by atoms with Crippen LogP contribution in [0.1, 0.15) is 5.56 Å². The summed E-state index contributed by atoms with van der Waals surface area (Å²) < 4.78 is 42.8. The van der Waals surface area contributed by atoms with E-state index >= 15 is 0 Å². The number of hydrogen-bond donors (Lipinski definition) is 1. The van der Waals surface area contributed by atoms with E-state index in [1.807, 2.05) is 0 Å². The SMILES string of the molecule is CNC(Cc1cc(Cl)ccc1OC)C(F)(F)F. The van der Waals surface area contributed by atoms with E-state index in [4.69, 9.17) is 16.3 Å². The van der Waals surface area contributed by atoms with E-state index in [0.717, 1.165) is 0 Å². The van der Waals surface area contributed by atoms with Gasteiger partial charge in [0.2, 0.25) is 0 Å². The second kappa shape index (κ2) is 5.60. The minimum Gasteiger partial charge on any atom is -0.496 e. The van der Waals surface area contributed by atoms with E-state index in [1.165, 1.54) is 20.2 Å². The molecule has 0 spiro atoms. The predicted octanol–water partition coefficient (Wildman–Crippen LogP) is 3.04. The zero-order chi connectivity index (χ0) is 13.1. The zero-order valence-electron chi connectivity index (χ0n) is 9.44. The fourth-order valence-electron chi connectivity index (χ4n) is 1.51. The third kappa shape index (κ3) is 3.78. The van der Waals surface area contributed by atoms with Gasteiger partial charge in [0.1, 0.15) is 11.8 Å². The van der Waals surface area contributed by atoms with E-state index in [9.17, 15) is 13.2 Å². The van der Waals surface area contributed by atoms with Crippen LogP contribution in [0.25, 0.3) is 0 Å². The first kappa shape index (κ1) is 14.1. The van der Waals surface area contributed by atoms with Crippen molar-refractivity contribution in [3.63, 3.8) is 0 Å². The number of halogens is 4. The van der Waals surface area contributed by atoms with Crippen LogP contribution in [0.5, 0.6) is 5.75 Å². The lowest BCUT2D eigenvalue weighted by Crippen LogP contribution is -2.41. The van der Waals surface area contributed by atoms with Gasteiger partial charge in [-0.2, -0.15) is 13.2 Å². The van der Waals surface area contributed by atoms with Gasteiger partial charge in [0.15, 0.2) is 0 Å². The molecule has 0 aliphatic carbocycles. The van der Waals surface area contributed by atoms with Crippen molar-refractivity contribution in [1.29, 1.82) is 0 Å². The van der Waals surface area contributed by atoms with Crippen LogP contribution in [0.2, 0.25) is 5.02 Å². The third-order valence-electron chi connectivity index (χ3n) is 2.41. The smallest absolute Gasteiger partial charge is 0.404 e. The number of alkyl halides is 3. The summed E-state index contributed by atoms with van der Waals surface area (Å²) in [5.41, 5.74) is 0.427. The Kier molecular flexibility index (Phi) is 4.65. The van der Waals surface area contributed by atoms with Gasteiger partial charge in [-0.25, -0.2) is 0 Å². The van der Waals surface area contributed by atoms with E-state index < -0.39 is 12.2 Å². The molecule has 0 aliphatic heterocycles. The quantitative estimate of drug-likeness (QED) is 0.905. The molecule has 1 N–H and O–H groups in total. The molecule has 2 nitrogen and oxygen atoms in total. The Morgan fingerprint density at radius 3 is 2.53 bits per heavy atom. The van der Waals surface area contributed by atoms with Crippen molar-refractivity contribution in [2.75, 3.05) is 14.2 Å². The Bertz CT molecular complexity index is 381. The van der Waals surface area contributed by atoms with E-state index in [2.05, 4.69) is 5.32 Å². The van der Waals surface area contributed by atoms with Gasteiger partial charge in [0, 0.05) is 11.4 Å². The van der Waals surface area contributed by atoms with Crippen LogP contribution in [0.15, 0.2) is 18.2 Å². The first-order valence-electron chi connectivity index (χ1n) is 4.95. The van der Waals surface area contributed by atoms with Crippen LogP contribution >= 0.6 is 11.6 Å². The van der Waals surface area contributed by atoms with Gasteiger partial charge in [-0.15, -0.1) is 0 Å². The molecular formula is C11H13ClF3NO. The zero-order valence-corrected chi connectivity index (χ0v) is 10.2. The molecule has 1 aromatic carbocycles. The Hall–Kier alpha value is -0.940. The highest BCUT2D eigenvalue weighted by Gasteiger charge is 2.38. The van der Waals surface area contributed by atoms with E-state index in [-0.39, 0.29) is 6.42 Å². The van der Waals surface area contributed by atoms with Crippen LogP contribution in [-0.4, -0.2) is 26.4 Å². The van der Waals surface area contributed by atoms with Crippen molar-refractivity contribution in [3.05, 3.63) is 28.8 Å². The lowest BCUT2D eigenvalue weighted by molar-refractivity contribution is -0.154. The minimum atomic E-state index is -4.30. The first-order valence-corrected chi connectivity index (χ1v) is 5.32. The van der Waals surface area contributed by atoms with E-state index in [0.29, 0.717) is 16.3 Å². The number of rotatable bonds is 4. The van der Waals surface area contributed by atoms with Gasteiger partial charge in [-0.05, 0) is 30.8 Å². The summed E-state index contributed by atoms with van der Waals surface area (Å²) in [5.74, 6) is 0.402. The summed E-state index contributed by atoms with van der Waals surface area (Å²) >= 11 is 5.76. The standard InChI is InChI=1S/C11H13ClF3NO/c1-16-10(11(13,14)15)6-7-5-8(12)3-4-9(7)17-2/h3-5,10,16H,6H2,1-2H3. The first-order chi connectivity index (χ1) is 7.88. The monoisotopic (exact) mass is 267 g/mol. The molecule has 0 saturated carbocycles. The van der Waals surface area contributed by atoms with Gasteiger partial charge >= 0.3 is 6.18 Å². The van der Waals surface area contributed by atoms with Crippen molar-refractivity contribution in [2.45, 2.75) is 18.6 Å². The molecule has 6 heteroatoms. The molecule has 1 unspecified atom stereocenters. The molecule has 96 valence electrons. The Labute approximate surface area is 103 Å². The molecule has 0 bridgehead atoms. The molecule has 17 heavy (non-hydrogen) atoms. The van der Waals surface area contributed by atoms with Crippen LogP contribution in [0.4, 0.5) is 13.2 Å². The largest absolute Gasteiger partial charge is 0.496 e. The second-order valence-electron chi connectivity index (χ2n) is 3.54. The number of hydrogen-bond acceptors (Lipinski definition) is 2. The summed E-state index contributed by atoms with van der Waals surface area (Å²) in [6.07, 6.45) is -4.52. The molecule has 0 saturated heterocycles. The normalized spacial score (nSPS) is 13.5. The fourth-order valence-corrected chi connectivity index (χ4v) is 1.70. The summed E-state index contributed by atoms with van der Waals surface area (Å²) in [7, 11) is 2.68. The molecule has 1 aromatic rings. The van der Waals surface area contributed by atoms with Gasteiger partial charge in [0.25, 0.3) is 0 Å². The molecule has 0 aliphatic rings. The van der Waals surface area contributed by atoms with Crippen molar-refractivity contribution in [2.24, 2.45) is 0 Å².